The summed E-state index contributed by atoms with van der Waals surface area (Å²) in [6, 6.07) is 17.4. The van der Waals surface area contributed by atoms with Crippen LogP contribution in [0.25, 0.3) is 0 Å². The zero-order chi connectivity index (χ0) is 26.8. The molecule has 3 aromatic carbocycles. The van der Waals surface area contributed by atoms with Gasteiger partial charge in [0.05, 0.1) is 20.1 Å². The molecule has 0 bridgehead atoms. The molecule has 1 aliphatic carbocycles. The number of rotatable bonds is 9. The van der Waals surface area contributed by atoms with Crippen LogP contribution >= 0.6 is 0 Å². The van der Waals surface area contributed by atoms with Crippen molar-refractivity contribution in [3.63, 3.8) is 0 Å². The van der Waals surface area contributed by atoms with E-state index >= 15 is 4.39 Å². The summed E-state index contributed by atoms with van der Waals surface area (Å²) in [4.78, 5) is 27.5. The minimum Gasteiger partial charge on any atom is -0.493 e. The number of halogens is 2. The summed E-state index contributed by atoms with van der Waals surface area (Å²) >= 11 is 0. The van der Waals surface area contributed by atoms with Crippen LogP contribution in [0.1, 0.15) is 40.1 Å². The molecule has 4 atom stereocenters. The number of alkyl halides is 1. The van der Waals surface area contributed by atoms with Crippen molar-refractivity contribution in [2.24, 2.45) is 11.8 Å². The van der Waals surface area contributed by atoms with Crippen LogP contribution in [0.2, 0.25) is 0 Å². The molecule has 2 aliphatic rings. The fourth-order valence-electron chi connectivity index (χ4n) is 5.29. The number of nitrogens with one attached hydrogen (secondary N) is 1. The average molecular weight is 521 g/mol. The van der Waals surface area contributed by atoms with Gasteiger partial charge >= 0.3 is 0 Å². The van der Waals surface area contributed by atoms with Gasteiger partial charge in [0.15, 0.2) is 17.7 Å². The molecule has 0 spiro atoms. The van der Waals surface area contributed by atoms with Gasteiger partial charge in [-0.3, -0.25) is 9.59 Å². The quantitative estimate of drug-likeness (QED) is 0.443. The van der Waals surface area contributed by atoms with Gasteiger partial charge in [0.1, 0.15) is 5.82 Å². The van der Waals surface area contributed by atoms with Crippen LogP contribution in [-0.4, -0.2) is 49.6 Å². The Bertz CT molecular complexity index is 1340. The molecule has 1 aliphatic heterocycles. The summed E-state index contributed by atoms with van der Waals surface area (Å²) in [7, 11) is 1.57. The second kappa shape index (κ2) is 10.8. The molecule has 1 heterocycles. The fraction of sp³-hybridized carbons (Fsp3) is 0.333. The molecule has 2 fully saturated rings. The van der Waals surface area contributed by atoms with E-state index in [2.05, 4.69) is 5.32 Å². The van der Waals surface area contributed by atoms with E-state index in [0.717, 1.165) is 11.6 Å². The summed E-state index contributed by atoms with van der Waals surface area (Å²) in [5.41, 5.74) is 1.74. The van der Waals surface area contributed by atoms with Gasteiger partial charge in [0, 0.05) is 36.5 Å². The SMILES string of the molecule is CCOc1ccc(CC(=O)NC2[C@H]3CN(C(=O)c4cccc(C(F)c5cccc(F)c5)c4)C[C@@H]23)cc1OC. The maximum Gasteiger partial charge on any atom is 0.253 e. The third kappa shape index (κ3) is 5.35. The summed E-state index contributed by atoms with van der Waals surface area (Å²) in [5, 5.41) is 3.10. The molecule has 2 amide bonds. The van der Waals surface area contributed by atoms with Crippen LogP contribution in [0, 0.1) is 17.7 Å². The van der Waals surface area contributed by atoms with Crippen molar-refractivity contribution in [2.75, 3.05) is 26.8 Å². The number of nitrogens with zero attached hydrogens (tertiary/aromatic N) is 1. The van der Waals surface area contributed by atoms with Crippen LogP contribution in [0.15, 0.2) is 66.7 Å². The number of hydrogen-bond acceptors (Lipinski definition) is 4. The van der Waals surface area contributed by atoms with E-state index in [-0.39, 0.29) is 41.7 Å². The monoisotopic (exact) mass is 520 g/mol. The lowest BCUT2D eigenvalue weighted by molar-refractivity contribution is -0.120. The number of carbonyl (C=O) groups is 2. The van der Waals surface area contributed by atoms with E-state index in [1.54, 1.807) is 36.3 Å². The number of methoxy groups -OCH3 is 1. The molecule has 1 saturated heterocycles. The zero-order valence-corrected chi connectivity index (χ0v) is 21.3. The molecule has 0 radical (unpaired) electrons. The number of fused-ring (bicyclic) bond motifs is 1. The van der Waals surface area contributed by atoms with Crippen molar-refractivity contribution in [2.45, 2.75) is 25.6 Å². The van der Waals surface area contributed by atoms with Crippen LogP contribution in [0.5, 0.6) is 11.5 Å². The Labute approximate surface area is 220 Å². The van der Waals surface area contributed by atoms with Gasteiger partial charge < -0.3 is 19.7 Å². The first-order valence-electron chi connectivity index (χ1n) is 12.8. The Balaban J connectivity index is 1.15. The number of piperidine rings is 1. The van der Waals surface area contributed by atoms with Crippen molar-refractivity contribution in [3.05, 3.63) is 94.8 Å². The van der Waals surface area contributed by atoms with Crippen molar-refractivity contribution in [1.82, 2.24) is 10.2 Å². The number of ether oxygens (including phenoxy) is 2. The van der Waals surface area contributed by atoms with Gasteiger partial charge in [-0.25, -0.2) is 8.78 Å². The predicted octanol–water partition coefficient (Wildman–Crippen LogP) is 4.72. The van der Waals surface area contributed by atoms with E-state index in [0.29, 0.717) is 42.3 Å². The molecule has 5 rings (SSSR count). The maximum atomic E-state index is 15.0. The molecule has 2 unspecified atom stereocenters. The summed E-state index contributed by atoms with van der Waals surface area (Å²) in [5.74, 6) is 0.902. The highest BCUT2D eigenvalue weighted by Crippen LogP contribution is 2.46. The smallest absolute Gasteiger partial charge is 0.253 e. The summed E-state index contributed by atoms with van der Waals surface area (Å²) < 4.78 is 39.4. The molecule has 198 valence electrons. The largest absolute Gasteiger partial charge is 0.493 e. The Morgan fingerprint density at radius 1 is 1.00 bits per heavy atom. The third-order valence-corrected chi connectivity index (χ3v) is 7.27. The molecule has 0 aromatic heterocycles. The van der Waals surface area contributed by atoms with Gasteiger partial charge in [0.25, 0.3) is 5.91 Å². The first-order valence-corrected chi connectivity index (χ1v) is 12.8. The Morgan fingerprint density at radius 2 is 1.71 bits per heavy atom. The van der Waals surface area contributed by atoms with E-state index in [4.69, 9.17) is 9.47 Å². The summed E-state index contributed by atoms with van der Waals surface area (Å²) in [6.07, 6.45) is -1.30. The van der Waals surface area contributed by atoms with E-state index in [1.165, 1.54) is 24.3 Å². The molecule has 6 nitrogen and oxygen atoms in total. The minimum atomic E-state index is -1.53. The maximum absolute atomic E-state index is 15.0. The van der Waals surface area contributed by atoms with E-state index in [9.17, 15) is 14.0 Å². The topological polar surface area (TPSA) is 67.9 Å². The molecule has 8 heteroatoms. The first-order chi connectivity index (χ1) is 18.4. The van der Waals surface area contributed by atoms with Gasteiger partial charge in [-0.1, -0.05) is 30.3 Å². The first kappa shape index (κ1) is 25.7. The second-order valence-electron chi connectivity index (χ2n) is 9.77. The van der Waals surface area contributed by atoms with E-state index in [1.807, 2.05) is 19.1 Å². The molecular formula is C30H30F2N2O4. The average Bonchev–Trinajstić information content (AvgIpc) is 3.34. The van der Waals surface area contributed by atoms with Crippen molar-refractivity contribution in [1.29, 1.82) is 0 Å². The van der Waals surface area contributed by atoms with E-state index < -0.39 is 12.0 Å². The molecule has 3 aromatic rings. The number of carbonyl (C=O) groups excluding carboxylic acids is 2. The van der Waals surface area contributed by atoms with Gasteiger partial charge in [0.2, 0.25) is 5.91 Å². The highest BCUT2D eigenvalue weighted by Gasteiger charge is 2.57. The number of hydrogen-bond donors (Lipinski definition) is 1. The molecular weight excluding hydrogens is 490 g/mol. The third-order valence-electron chi connectivity index (χ3n) is 7.27. The highest BCUT2D eigenvalue weighted by molar-refractivity contribution is 5.95. The second-order valence-corrected chi connectivity index (χ2v) is 9.77. The molecule has 1 N–H and O–H groups in total. The highest BCUT2D eigenvalue weighted by atomic mass is 19.1. The summed E-state index contributed by atoms with van der Waals surface area (Å²) in [6.45, 7) is 3.50. The number of benzene rings is 3. The molecule has 1 saturated carbocycles. The number of amides is 2. The van der Waals surface area contributed by atoms with Gasteiger partial charge in [-0.05, 0) is 60.0 Å². The van der Waals surface area contributed by atoms with Crippen molar-refractivity contribution < 1.29 is 27.8 Å². The molecule has 38 heavy (non-hydrogen) atoms. The van der Waals surface area contributed by atoms with Crippen LogP contribution < -0.4 is 14.8 Å². The van der Waals surface area contributed by atoms with Gasteiger partial charge in [-0.15, -0.1) is 0 Å². The Morgan fingerprint density at radius 3 is 2.39 bits per heavy atom. The van der Waals surface area contributed by atoms with Crippen LogP contribution in [0.4, 0.5) is 8.78 Å². The number of likely N-dealkylation sites (tertiary alicyclic amines) is 1. The van der Waals surface area contributed by atoms with Crippen molar-refractivity contribution in [3.8, 4) is 11.5 Å². The standard InChI is InChI=1S/C30H30F2N2O4/c1-3-38-25-11-10-18(12-26(25)37-2)13-27(35)33-29-23-16-34(17-24(23)29)30(36)21-8-4-6-19(14-21)28(32)20-7-5-9-22(31)15-20/h4-12,14-15,23-24,28-29H,3,13,16-17H2,1-2H3,(H,33,35)/t23-,24+,28?,29?. The van der Waals surface area contributed by atoms with Gasteiger partial charge in [-0.2, -0.15) is 0 Å². The predicted molar refractivity (Wildman–Crippen MR) is 138 cm³/mol. The van der Waals surface area contributed by atoms with Crippen LogP contribution in [0.3, 0.4) is 0 Å². The Kier molecular flexibility index (Phi) is 7.31. The lowest BCUT2D eigenvalue weighted by Gasteiger charge is -2.21. The normalized spacial score (nSPS) is 20.4. The van der Waals surface area contributed by atoms with Crippen molar-refractivity contribution >= 4 is 11.8 Å². The minimum absolute atomic E-state index is 0.0469. The van der Waals surface area contributed by atoms with Crippen LogP contribution in [-0.2, 0) is 11.2 Å². The fourth-order valence-corrected chi connectivity index (χ4v) is 5.29. The lowest BCUT2D eigenvalue weighted by Crippen LogP contribution is -2.38. The lowest BCUT2D eigenvalue weighted by atomic mass is 10.0. The zero-order valence-electron chi connectivity index (χ0n) is 21.3. The Hall–Kier alpha value is -3.94.